The van der Waals surface area contributed by atoms with Crippen LogP contribution < -0.4 is 9.62 Å². The zero-order valence-electron chi connectivity index (χ0n) is 20.9. The van der Waals surface area contributed by atoms with Crippen molar-refractivity contribution in [2.24, 2.45) is 0 Å². The van der Waals surface area contributed by atoms with E-state index in [-0.39, 0.29) is 27.7 Å². The van der Waals surface area contributed by atoms with Crippen LogP contribution in [0.5, 0.6) is 0 Å². The van der Waals surface area contributed by atoms with Crippen molar-refractivity contribution in [3.8, 4) is 0 Å². The molecular weight excluding hydrogens is 590 g/mol. The van der Waals surface area contributed by atoms with E-state index in [0.717, 1.165) is 17.2 Å². The summed E-state index contributed by atoms with van der Waals surface area (Å²) < 4.78 is 65.7. The Hall–Kier alpha value is -2.21. The zero-order chi connectivity index (χ0) is 29.0. The maximum Gasteiger partial charge on any atom is 0.416 e. The van der Waals surface area contributed by atoms with Crippen LogP contribution in [0.3, 0.4) is 0 Å². The van der Waals surface area contributed by atoms with Gasteiger partial charge in [-0.2, -0.15) is 13.2 Å². The number of hydrogen-bond donors (Lipinski definition) is 1. The molecule has 14 heteroatoms. The summed E-state index contributed by atoms with van der Waals surface area (Å²) in [5.41, 5.74) is -1.19. The summed E-state index contributed by atoms with van der Waals surface area (Å²) in [5.74, 6) is -1.36. The number of sulfonamides is 1. The van der Waals surface area contributed by atoms with E-state index < -0.39 is 51.9 Å². The fourth-order valence-electron chi connectivity index (χ4n) is 3.36. The molecule has 0 aliphatic carbocycles. The predicted octanol–water partition coefficient (Wildman–Crippen LogP) is 5.76. The van der Waals surface area contributed by atoms with Gasteiger partial charge in [-0.3, -0.25) is 13.9 Å². The Morgan fingerprint density at radius 3 is 2.13 bits per heavy atom. The van der Waals surface area contributed by atoms with Crippen LogP contribution in [-0.4, -0.2) is 50.0 Å². The molecule has 0 unspecified atom stereocenters. The van der Waals surface area contributed by atoms with Gasteiger partial charge in [0.05, 0.1) is 32.6 Å². The Kier molecular flexibility index (Phi) is 10.7. The third kappa shape index (κ3) is 8.39. The van der Waals surface area contributed by atoms with Gasteiger partial charge >= 0.3 is 6.18 Å². The van der Waals surface area contributed by atoms with E-state index in [9.17, 15) is 31.2 Å². The summed E-state index contributed by atoms with van der Waals surface area (Å²) in [6.07, 6.45) is -3.43. The SMILES string of the molecule is CC[C@@H](C)NC(=O)[C@H](C)N(Cc1ccc(Cl)c(Cl)c1)C(=O)CN(c1cc(C(F)(F)F)ccc1Cl)S(C)(=O)=O. The molecule has 0 fully saturated rings. The van der Waals surface area contributed by atoms with Gasteiger partial charge in [0.15, 0.2) is 0 Å². The van der Waals surface area contributed by atoms with Crippen LogP contribution in [0.15, 0.2) is 36.4 Å². The molecule has 7 nitrogen and oxygen atoms in total. The Bertz CT molecular complexity index is 1290. The highest BCUT2D eigenvalue weighted by atomic mass is 35.5. The molecule has 1 N–H and O–H groups in total. The summed E-state index contributed by atoms with van der Waals surface area (Å²) in [6, 6.07) is 5.43. The van der Waals surface area contributed by atoms with Crippen LogP contribution in [-0.2, 0) is 32.3 Å². The van der Waals surface area contributed by atoms with Crippen LogP contribution >= 0.6 is 34.8 Å². The molecule has 0 saturated carbocycles. The number of benzene rings is 2. The first-order valence-corrected chi connectivity index (χ1v) is 14.3. The predicted molar refractivity (Wildman–Crippen MR) is 143 cm³/mol. The summed E-state index contributed by atoms with van der Waals surface area (Å²) in [4.78, 5) is 27.5. The molecule has 0 aliphatic heterocycles. The second-order valence-corrected chi connectivity index (χ2v) is 11.8. The van der Waals surface area contributed by atoms with E-state index in [0.29, 0.717) is 28.4 Å². The first kappa shape index (κ1) is 32.0. The van der Waals surface area contributed by atoms with E-state index in [1.54, 1.807) is 13.0 Å². The maximum absolute atomic E-state index is 13.5. The zero-order valence-corrected chi connectivity index (χ0v) is 24.0. The minimum atomic E-state index is -4.78. The first-order chi connectivity index (χ1) is 17.4. The Morgan fingerprint density at radius 2 is 1.61 bits per heavy atom. The van der Waals surface area contributed by atoms with Crippen molar-refractivity contribution in [1.29, 1.82) is 0 Å². The quantitative estimate of drug-likeness (QED) is 0.368. The van der Waals surface area contributed by atoms with Gasteiger partial charge in [-0.05, 0) is 56.2 Å². The van der Waals surface area contributed by atoms with Crippen molar-refractivity contribution < 1.29 is 31.2 Å². The smallest absolute Gasteiger partial charge is 0.352 e. The van der Waals surface area contributed by atoms with Gasteiger partial charge < -0.3 is 10.2 Å². The van der Waals surface area contributed by atoms with Gasteiger partial charge in [0, 0.05) is 12.6 Å². The molecule has 0 radical (unpaired) electrons. The number of nitrogens with one attached hydrogen (secondary N) is 1. The number of nitrogens with zero attached hydrogens (tertiary/aromatic N) is 2. The van der Waals surface area contributed by atoms with Crippen molar-refractivity contribution in [2.75, 3.05) is 17.1 Å². The maximum atomic E-state index is 13.5. The van der Waals surface area contributed by atoms with Crippen molar-refractivity contribution in [2.45, 2.75) is 52.0 Å². The van der Waals surface area contributed by atoms with Crippen LogP contribution in [0.25, 0.3) is 0 Å². The molecule has 0 heterocycles. The fraction of sp³-hybridized carbons (Fsp3) is 0.417. The van der Waals surface area contributed by atoms with Crippen LogP contribution in [0.4, 0.5) is 18.9 Å². The molecule has 2 atom stereocenters. The number of anilines is 1. The number of halogens is 6. The fourth-order valence-corrected chi connectivity index (χ4v) is 4.80. The summed E-state index contributed by atoms with van der Waals surface area (Å²) in [7, 11) is -4.29. The van der Waals surface area contributed by atoms with E-state index >= 15 is 0 Å². The van der Waals surface area contributed by atoms with Gasteiger partial charge in [0.2, 0.25) is 21.8 Å². The molecule has 0 aliphatic rings. The van der Waals surface area contributed by atoms with Gasteiger partial charge in [0.25, 0.3) is 0 Å². The standard InChI is InChI=1S/C24H27Cl3F3N3O4S/c1-5-14(2)31-23(35)15(3)32(12-16-6-8-18(25)20(27)10-16)22(34)13-33(38(4,36)37)21-11-17(24(28,29)30)7-9-19(21)26/h6-11,14-15H,5,12-13H2,1-4H3,(H,31,35)/t14-,15+/m1/s1. The largest absolute Gasteiger partial charge is 0.416 e. The highest BCUT2D eigenvalue weighted by Crippen LogP contribution is 2.36. The van der Waals surface area contributed by atoms with Gasteiger partial charge in [-0.1, -0.05) is 47.8 Å². The molecule has 0 bridgehead atoms. The minimum absolute atomic E-state index is 0.168. The van der Waals surface area contributed by atoms with Crippen molar-refractivity contribution in [3.05, 3.63) is 62.6 Å². The molecule has 2 amide bonds. The monoisotopic (exact) mass is 615 g/mol. The average molecular weight is 617 g/mol. The van der Waals surface area contributed by atoms with Crippen molar-refractivity contribution in [3.63, 3.8) is 0 Å². The van der Waals surface area contributed by atoms with Gasteiger partial charge in [0.1, 0.15) is 12.6 Å². The number of amides is 2. The van der Waals surface area contributed by atoms with Crippen LogP contribution in [0, 0.1) is 0 Å². The third-order valence-electron chi connectivity index (χ3n) is 5.73. The average Bonchev–Trinajstić information content (AvgIpc) is 2.81. The lowest BCUT2D eigenvalue weighted by atomic mass is 10.1. The van der Waals surface area contributed by atoms with E-state index in [2.05, 4.69) is 5.32 Å². The number of carbonyl (C=O) groups is 2. The van der Waals surface area contributed by atoms with Gasteiger partial charge in [-0.15, -0.1) is 0 Å². The third-order valence-corrected chi connectivity index (χ3v) is 7.91. The Balaban J connectivity index is 2.52. The summed E-state index contributed by atoms with van der Waals surface area (Å²) in [6.45, 7) is 4.00. The van der Waals surface area contributed by atoms with E-state index in [1.165, 1.54) is 19.1 Å². The number of hydrogen-bond acceptors (Lipinski definition) is 4. The molecule has 38 heavy (non-hydrogen) atoms. The van der Waals surface area contributed by atoms with Crippen LogP contribution in [0.2, 0.25) is 15.1 Å². The first-order valence-electron chi connectivity index (χ1n) is 11.3. The van der Waals surface area contributed by atoms with E-state index in [4.69, 9.17) is 34.8 Å². The highest BCUT2D eigenvalue weighted by Gasteiger charge is 2.34. The van der Waals surface area contributed by atoms with Crippen molar-refractivity contribution >= 4 is 62.3 Å². The topological polar surface area (TPSA) is 86.8 Å². The lowest BCUT2D eigenvalue weighted by Gasteiger charge is -2.32. The van der Waals surface area contributed by atoms with Crippen molar-refractivity contribution in [1.82, 2.24) is 10.2 Å². The molecule has 2 aromatic rings. The Morgan fingerprint density at radius 1 is 1.00 bits per heavy atom. The number of carbonyl (C=O) groups excluding carboxylic acids is 2. The number of alkyl halides is 3. The molecule has 2 rings (SSSR count). The Labute approximate surface area is 234 Å². The van der Waals surface area contributed by atoms with E-state index in [1.807, 2.05) is 6.92 Å². The second-order valence-electron chi connectivity index (χ2n) is 8.70. The van der Waals surface area contributed by atoms with Crippen LogP contribution in [0.1, 0.15) is 38.3 Å². The molecule has 210 valence electrons. The lowest BCUT2D eigenvalue weighted by molar-refractivity contribution is -0.139. The highest BCUT2D eigenvalue weighted by molar-refractivity contribution is 7.92. The summed E-state index contributed by atoms with van der Waals surface area (Å²) in [5, 5.41) is 2.91. The minimum Gasteiger partial charge on any atom is -0.352 e. The second kappa shape index (κ2) is 12.8. The molecule has 2 aromatic carbocycles. The molecule has 0 saturated heterocycles. The lowest BCUT2D eigenvalue weighted by Crippen LogP contribution is -2.52. The van der Waals surface area contributed by atoms with Gasteiger partial charge in [-0.25, -0.2) is 8.42 Å². The molecule has 0 spiro atoms. The molecule has 0 aromatic heterocycles. The molecular formula is C24H27Cl3F3N3O4S. The summed E-state index contributed by atoms with van der Waals surface area (Å²) >= 11 is 18.1. The normalized spacial score (nSPS) is 13.5. The number of rotatable bonds is 10.